The van der Waals surface area contributed by atoms with Gasteiger partial charge >= 0.3 is 0 Å². The summed E-state index contributed by atoms with van der Waals surface area (Å²) >= 11 is 0. The Hall–Kier alpha value is -0.0400. The lowest BCUT2D eigenvalue weighted by atomic mass is 9.77. The first-order chi connectivity index (χ1) is 4.40. The van der Waals surface area contributed by atoms with E-state index in [1.807, 2.05) is 0 Å². The van der Waals surface area contributed by atoms with E-state index in [-0.39, 0.29) is 0 Å². The van der Waals surface area contributed by atoms with Gasteiger partial charge in [-0.3, -0.25) is 0 Å². The smallest absolute Gasteiger partial charge is 0.0493 e. The molecule has 0 saturated heterocycles. The Morgan fingerprint density at radius 1 is 1.44 bits per heavy atom. The third-order valence-corrected chi connectivity index (χ3v) is 3.86. The first-order valence-electron chi connectivity index (χ1n) is 4.01. The summed E-state index contributed by atoms with van der Waals surface area (Å²) in [5, 5.41) is 9.01. The van der Waals surface area contributed by atoms with Gasteiger partial charge in [0.25, 0.3) is 0 Å². The molecule has 2 atom stereocenters. The van der Waals surface area contributed by atoms with Gasteiger partial charge in [-0.15, -0.1) is 0 Å². The van der Waals surface area contributed by atoms with Crippen LogP contribution < -0.4 is 0 Å². The summed E-state index contributed by atoms with van der Waals surface area (Å²) in [6.07, 6.45) is 4.19. The zero-order chi connectivity index (χ0) is 6.06. The van der Waals surface area contributed by atoms with Gasteiger partial charge in [-0.25, -0.2) is 0 Å². The van der Waals surface area contributed by atoms with Crippen molar-refractivity contribution in [1.29, 1.82) is 0 Å². The Labute approximate surface area is 55.1 Å². The van der Waals surface area contributed by atoms with Crippen LogP contribution in [0, 0.1) is 23.2 Å². The number of aliphatic hydroxyl groups excluding tert-OH is 1. The first kappa shape index (κ1) is 4.73. The molecule has 0 radical (unpaired) electrons. The molecule has 1 N–H and O–H groups in total. The highest BCUT2D eigenvalue weighted by molar-refractivity contribution is 5.30. The van der Waals surface area contributed by atoms with E-state index in [9.17, 15) is 0 Å². The molecule has 3 saturated carbocycles. The maximum atomic E-state index is 9.01. The second kappa shape index (κ2) is 1.07. The quantitative estimate of drug-likeness (QED) is 0.553. The summed E-state index contributed by atoms with van der Waals surface area (Å²) < 4.78 is 0. The first-order valence-corrected chi connectivity index (χ1v) is 4.01. The molecule has 0 amide bonds. The van der Waals surface area contributed by atoms with E-state index in [1.54, 1.807) is 0 Å². The molecular weight excluding hydrogens is 112 g/mol. The molecule has 0 aromatic carbocycles. The Morgan fingerprint density at radius 3 is 2.67 bits per heavy atom. The minimum Gasteiger partial charge on any atom is -0.396 e. The predicted molar refractivity (Wildman–Crippen MR) is 33.8 cm³/mol. The Bertz CT molecular complexity index is 154. The van der Waals surface area contributed by atoms with E-state index in [2.05, 4.69) is 0 Å². The molecule has 3 fully saturated rings. The van der Waals surface area contributed by atoms with Gasteiger partial charge in [-0.05, 0) is 30.6 Å². The molecule has 2 unspecified atom stereocenters. The van der Waals surface area contributed by atoms with Crippen LogP contribution in [0.3, 0.4) is 0 Å². The Balaban J connectivity index is 1.87. The molecule has 9 heavy (non-hydrogen) atoms. The van der Waals surface area contributed by atoms with Crippen molar-refractivity contribution >= 4 is 0 Å². The highest BCUT2D eigenvalue weighted by Crippen LogP contribution is 2.86. The fraction of sp³-hybridized carbons (Fsp3) is 1.00. The van der Waals surface area contributed by atoms with Gasteiger partial charge in [0.15, 0.2) is 0 Å². The summed E-state index contributed by atoms with van der Waals surface area (Å²) in [5.74, 6) is 3.07. The predicted octanol–water partition coefficient (Wildman–Crippen LogP) is 1.02. The molecule has 50 valence electrons. The highest BCUT2D eigenvalue weighted by Gasteiger charge is 2.83. The fourth-order valence-corrected chi connectivity index (χ4v) is 3.31. The monoisotopic (exact) mass is 124 g/mol. The molecule has 3 rings (SSSR count). The van der Waals surface area contributed by atoms with Crippen molar-refractivity contribution in [3.63, 3.8) is 0 Å². The molecule has 3 aliphatic carbocycles. The van der Waals surface area contributed by atoms with Crippen LogP contribution in [0.15, 0.2) is 0 Å². The molecule has 0 heterocycles. The number of rotatable bonds is 1. The Morgan fingerprint density at radius 2 is 2.22 bits per heavy atom. The third kappa shape index (κ3) is 0.315. The van der Waals surface area contributed by atoms with Gasteiger partial charge in [-0.1, -0.05) is 6.42 Å². The SMILES string of the molecule is OCC12CCCC3C1C32. The van der Waals surface area contributed by atoms with Crippen LogP contribution in [0.1, 0.15) is 19.3 Å². The molecule has 0 bridgehead atoms. The number of hydrogen-bond donors (Lipinski definition) is 1. The van der Waals surface area contributed by atoms with E-state index >= 15 is 0 Å². The van der Waals surface area contributed by atoms with E-state index in [4.69, 9.17) is 5.11 Å². The zero-order valence-corrected chi connectivity index (χ0v) is 5.51. The zero-order valence-electron chi connectivity index (χ0n) is 5.51. The van der Waals surface area contributed by atoms with E-state index in [0.717, 1.165) is 17.8 Å². The summed E-state index contributed by atoms with van der Waals surface area (Å²) in [7, 11) is 0. The summed E-state index contributed by atoms with van der Waals surface area (Å²) in [6.45, 7) is 0.485. The topological polar surface area (TPSA) is 20.2 Å². The van der Waals surface area contributed by atoms with Crippen molar-refractivity contribution in [3.8, 4) is 0 Å². The van der Waals surface area contributed by atoms with Crippen molar-refractivity contribution in [2.45, 2.75) is 19.3 Å². The summed E-state index contributed by atoms with van der Waals surface area (Å²) in [4.78, 5) is 0. The average Bonchev–Trinajstić information content (AvgIpc) is 2.76. The molecule has 1 nitrogen and oxygen atoms in total. The van der Waals surface area contributed by atoms with Crippen LogP contribution >= 0.6 is 0 Å². The summed E-state index contributed by atoms with van der Waals surface area (Å²) in [6, 6.07) is 0. The van der Waals surface area contributed by atoms with Gasteiger partial charge < -0.3 is 5.11 Å². The minimum absolute atomic E-state index is 0.485. The van der Waals surface area contributed by atoms with Crippen LogP contribution in [0.4, 0.5) is 0 Å². The van der Waals surface area contributed by atoms with Crippen molar-refractivity contribution in [3.05, 3.63) is 0 Å². The van der Waals surface area contributed by atoms with E-state index in [1.165, 1.54) is 19.3 Å². The van der Waals surface area contributed by atoms with Crippen LogP contribution in [0.5, 0.6) is 0 Å². The maximum absolute atomic E-state index is 9.01. The van der Waals surface area contributed by atoms with Crippen molar-refractivity contribution < 1.29 is 5.11 Å². The van der Waals surface area contributed by atoms with E-state index in [0.29, 0.717) is 12.0 Å². The minimum atomic E-state index is 0.485. The third-order valence-electron chi connectivity index (χ3n) is 3.86. The molecule has 0 aromatic heterocycles. The van der Waals surface area contributed by atoms with Gasteiger partial charge in [0.05, 0.1) is 0 Å². The van der Waals surface area contributed by atoms with Crippen molar-refractivity contribution in [2.75, 3.05) is 6.61 Å². The normalized spacial score (nSPS) is 67.0. The number of fused-ring (bicyclic) bond motifs is 2. The second-order valence-electron chi connectivity index (χ2n) is 4.00. The summed E-state index contributed by atoms with van der Waals surface area (Å²) in [5.41, 5.74) is 0.503. The van der Waals surface area contributed by atoms with Crippen LogP contribution in [-0.4, -0.2) is 11.7 Å². The Kier molecular flexibility index (Phi) is 0.563. The maximum Gasteiger partial charge on any atom is 0.0493 e. The highest BCUT2D eigenvalue weighted by atomic mass is 16.3. The van der Waals surface area contributed by atoms with Gasteiger partial charge in [0.1, 0.15) is 0 Å². The van der Waals surface area contributed by atoms with Gasteiger partial charge in [-0.2, -0.15) is 0 Å². The molecule has 1 heteroatoms. The van der Waals surface area contributed by atoms with E-state index < -0.39 is 0 Å². The van der Waals surface area contributed by atoms with Gasteiger partial charge in [0.2, 0.25) is 0 Å². The molecule has 0 spiro atoms. The lowest BCUT2D eigenvalue weighted by molar-refractivity contribution is 0.101. The molecule has 3 aliphatic rings. The number of aliphatic hydroxyl groups is 1. The average molecular weight is 124 g/mol. The lowest BCUT2D eigenvalue weighted by Crippen LogP contribution is -2.26. The van der Waals surface area contributed by atoms with Crippen molar-refractivity contribution in [2.24, 2.45) is 23.2 Å². The number of hydrogen-bond acceptors (Lipinski definition) is 1. The van der Waals surface area contributed by atoms with Crippen LogP contribution in [-0.2, 0) is 0 Å². The fourth-order valence-electron chi connectivity index (χ4n) is 3.31. The second-order valence-corrected chi connectivity index (χ2v) is 4.00. The van der Waals surface area contributed by atoms with Crippen molar-refractivity contribution in [1.82, 2.24) is 0 Å². The molecular formula is C8H12O. The lowest BCUT2D eigenvalue weighted by Gasteiger charge is -2.29. The largest absolute Gasteiger partial charge is 0.396 e. The molecule has 0 aliphatic heterocycles. The van der Waals surface area contributed by atoms with Crippen LogP contribution in [0.25, 0.3) is 0 Å². The van der Waals surface area contributed by atoms with Gasteiger partial charge in [0, 0.05) is 12.0 Å². The van der Waals surface area contributed by atoms with Crippen LogP contribution in [0.2, 0.25) is 0 Å². The molecule has 0 aromatic rings. The standard InChI is InChI=1S/C8H12O/c9-4-8-3-1-2-5-6(8)7(5)8/h5-7,9H,1-4H2.